The molecule has 1 aliphatic rings. The van der Waals surface area contributed by atoms with E-state index in [9.17, 15) is 9.59 Å². The maximum atomic E-state index is 12.2. The van der Waals surface area contributed by atoms with Crippen molar-refractivity contribution in [3.05, 3.63) is 28.1 Å². The monoisotopic (exact) mass is 293 g/mol. The van der Waals surface area contributed by atoms with E-state index < -0.39 is 0 Å². The summed E-state index contributed by atoms with van der Waals surface area (Å²) in [5, 5.41) is 4.76. The van der Waals surface area contributed by atoms with Gasteiger partial charge in [-0.05, 0) is 24.3 Å². The lowest BCUT2D eigenvalue weighted by atomic mass is 10.1. The first-order valence-corrected chi connectivity index (χ1v) is 7.42. The number of carbonyl (C=O) groups is 1. The molecule has 1 aliphatic heterocycles. The number of hydrogen-bond acceptors (Lipinski definition) is 5. The Bertz CT molecular complexity index is 673. The highest BCUT2D eigenvalue weighted by atomic mass is 32.1. The van der Waals surface area contributed by atoms with E-state index in [0.29, 0.717) is 23.4 Å². The summed E-state index contributed by atoms with van der Waals surface area (Å²) in [4.78, 5) is 28.3. The number of thiophene rings is 1. The SMILES string of the molecule is O=C(Cn1cnc2ccsc2c1=O)NC1CCOCC1. The lowest BCUT2D eigenvalue weighted by Crippen LogP contribution is -2.41. The fraction of sp³-hybridized carbons (Fsp3) is 0.462. The van der Waals surface area contributed by atoms with E-state index in [2.05, 4.69) is 10.3 Å². The van der Waals surface area contributed by atoms with Gasteiger partial charge in [0.05, 0.1) is 11.8 Å². The molecule has 0 saturated carbocycles. The van der Waals surface area contributed by atoms with Crippen molar-refractivity contribution in [2.24, 2.45) is 0 Å². The summed E-state index contributed by atoms with van der Waals surface area (Å²) in [6.07, 6.45) is 3.08. The van der Waals surface area contributed by atoms with E-state index in [1.54, 1.807) is 6.07 Å². The third kappa shape index (κ3) is 2.73. The molecule has 2 aromatic heterocycles. The lowest BCUT2D eigenvalue weighted by Gasteiger charge is -2.23. The normalized spacial score (nSPS) is 16.4. The van der Waals surface area contributed by atoms with Crippen molar-refractivity contribution in [1.29, 1.82) is 0 Å². The van der Waals surface area contributed by atoms with Crippen LogP contribution in [0.2, 0.25) is 0 Å². The van der Waals surface area contributed by atoms with Gasteiger partial charge in [-0.15, -0.1) is 11.3 Å². The minimum atomic E-state index is -0.160. The third-order valence-corrected chi connectivity index (χ3v) is 4.23. The quantitative estimate of drug-likeness (QED) is 0.906. The van der Waals surface area contributed by atoms with E-state index in [4.69, 9.17) is 4.74 Å². The zero-order valence-corrected chi connectivity index (χ0v) is 11.7. The van der Waals surface area contributed by atoms with Crippen LogP contribution in [0, 0.1) is 0 Å². The van der Waals surface area contributed by atoms with Gasteiger partial charge in [0.2, 0.25) is 5.91 Å². The van der Waals surface area contributed by atoms with Crippen LogP contribution < -0.4 is 10.9 Å². The Hall–Kier alpha value is -1.73. The Labute approximate surface area is 119 Å². The number of fused-ring (bicyclic) bond motifs is 1. The number of aromatic nitrogens is 2. The Morgan fingerprint density at radius 3 is 3.10 bits per heavy atom. The van der Waals surface area contributed by atoms with Crippen molar-refractivity contribution in [2.75, 3.05) is 13.2 Å². The van der Waals surface area contributed by atoms with Crippen LogP contribution >= 0.6 is 11.3 Å². The molecule has 1 saturated heterocycles. The van der Waals surface area contributed by atoms with Crippen molar-refractivity contribution in [1.82, 2.24) is 14.9 Å². The molecule has 1 fully saturated rings. The molecule has 0 atom stereocenters. The zero-order valence-electron chi connectivity index (χ0n) is 10.9. The van der Waals surface area contributed by atoms with E-state index >= 15 is 0 Å². The Balaban J connectivity index is 1.70. The summed E-state index contributed by atoms with van der Waals surface area (Å²) in [7, 11) is 0. The van der Waals surface area contributed by atoms with Crippen LogP contribution in [0.15, 0.2) is 22.6 Å². The molecule has 6 nitrogen and oxygen atoms in total. The first-order valence-electron chi connectivity index (χ1n) is 6.54. The van der Waals surface area contributed by atoms with Gasteiger partial charge in [0.25, 0.3) is 5.56 Å². The lowest BCUT2D eigenvalue weighted by molar-refractivity contribution is -0.123. The molecule has 2 aromatic rings. The average Bonchev–Trinajstić information content (AvgIpc) is 2.92. The summed E-state index contributed by atoms with van der Waals surface area (Å²) in [6.45, 7) is 1.36. The fourth-order valence-corrected chi connectivity index (χ4v) is 3.05. The van der Waals surface area contributed by atoms with Gasteiger partial charge in [-0.2, -0.15) is 0 Å². The first-order chi connectivity index (χ1) is 9.74. The van der Waals surface area contributed by atoms with Crippen molar-refractivity contribution >= 4 is 27.5 Å². The molecule has 0 spiro atoms. The number of amides is 1. The summed E-state index contributed by atoms with van der Waals surface area (Å²) >= 11 is 1.35. The second kappa shape index (κ2) is 5.72. The first kappa shape index (κ1) is 13.3. The highest BCUT2D eigenvalue weighted by molar-refractivity contribution is 7.17. The van der Waals surface area contributed by atoms with Gasteiger partial charge >= 0.3 is 0 Å². The van der Waals surface area contributed by atoms with Gasteiger partial charge in [0, 0.05) is 19.3 Å². The fourth-order valence-electron chi connectivity index (χ4n) is 2.26. The Morgan fingerprint density at radius 2 is 2.30 bits per heavy atom. The van der Waals surface area contributed by atoms with Crippen LogP contribution in [0.4, 0.5) is 0 Å². The van der Waals surface area contributed by atoms with Crippen LogP contribution in [-0.4, -0.2) is 34.7 Å². The number of carbonyl (C=O) groups excluding carboxylic acids is 1. The van der Waals surface area contributed by atoms with Crippen molar-refractivity contribution < 1.29 is 9.53 Å². The molecule has 3 heterocycles. The number of hydrogen-bond donors (Lipinski definition) is 1. The Kier molecular flexibility index (Phi) is 3.79. The van der Waals surface area contributed by atoms with Crippen molar-refractivity contribution in [3.8, 4) is 0 Å². The van der Waals surface area contributed by atoms with E-state index in [0.717, 1.165) is 12.8 Å². The predicted molar refractivity (Wildman–Crippen MR) is 75.9 cm³/mol. The molecule has 0 aliphatic carbocycles. The van der Waals surface area contributed by atoms with Crippen molar-refractivity contribution in [3.63, 3.8) is 0 Å². The molecule has 0 radical (unpaired) electrons. The standard InChI is InChI=1S/C13H15N3O3S/c17-11(15-9-1-4-19-5-2-9)7-16-8-14-10-3-6-20-12(10)13(16)18/h3,6,8-9H,1-2,4-5,7H2,(H,15,17). The molecular formula is C13H15N3O3S. The van der Waals surface area contributed by atoms with Crippen LogP contribution in [0.3, 0.4) is 0 Å². The average molecular weight is 293 g/mol. The van der Waals surface area contributed by atoms with Crippen LogP contribution in [0.1, 0.15) is 12.8 Å². The van der Waals surface area contributed by atoms with E-state index in [1.807, 2.05) is 5.38 Å². The number of nitrogens with zero attached hydrogens (tertiary/aromatic N) is 2. The molecule has 0 aromatic carbocycles. The van der Waals surface area contributed by atoms with Crippen LogP contribution in [0.5, 0.6) is 0 Å². The second-order valence-electron chi connectivity index (χ2n) is 4.77. The Morgan fingerprint density at radius 1 is 1.50 bits per heavy atom. The van der Waals surface area contributed by atoms with E-state index in [1.165, 1.54) is 22.2 Å². The molecular weight excluding hydrogens is 278 g/mol. The minimum absolute atomic E-state index is 0.0109. The largest absolute Gasteiger partial charge is 0.381 e. The van der Waals surface area contributed by atoms with E-state index in [-0.39, 0.29) is 24.1 Å². The van der Waals surface area contributed by atoms with Crippen molar-refractivity contribution in [2.45, 2.75) is 25.4 Å². The van der Waals surface area contributed by atoms with Gasteiger partial charge in [-0.25, -0.2) is 4.98 Å². The summed E-state index contributed by atoms with van der Waals surface area (Å²) in [5.41, 5.74) is 0.521. The number of rotatable bonds is 3. The molecule has 0 bridgehead atoms. The van der Waals surface area contributed by atoms with Crippen LogP contribution in [-0.2, 0) is 16.1 Å². The van der Waals surface area contributed by atoms with Gasteiger partial charge in [0.1, 0.15) is 11.2 Å². The summed E-state index contributed by atoms with van der Waals surface area (Å²) < 4.78 is 7.19. The van der Waals surface area contributed by atoms with Gasteiger partial charge < -0.3 is 10.1 Å². The highest BCUT2D eigenvalue weighted by Gasteiger charge is 2.16. The second-order valence-corrected chi connectivity index (χ2v) is 5.68. The minimum Gasteiger partial charge on any atom is -0.381 e. The maximum absolute atomic E-state index is 12.2. The van der Waals surface area contributed by atoms with Gasteiger partial charge in [-0.1, -0.05) is 0 Å². The maximum Gasteiger partial charge on any atom is 0.271 e. The highest BCUT2D eigenvalue weighted by Crippen LogP contribution is 2.13. The molecule has 0 unspecified atom stereocenters. The predicted octanol–water partition coefficient (Wildman–Crippen LogP) is 0.753. The molecule has 106 valence electrons. The zero-order chi connectivity index (χ0) is 13.9. The molecule has 3 rings (SSSR count). The third-order valence-electron chi connectivity index (χ3n) is 3.34. The molecule has 1 amide bonds. The van der Waals surface area contributed by atoms with Gasteiger partial charge in [0.15, 0.2) is 0 Å². The number of ether oxygens (including phenoxy) is 1. The molecule has 1 N–H and O–H groups in total. The molecule has 7 heteroatoms. The smallest absolute Gasteiger partial charge is 0.271 e. The molecule has 20 heavy (non-hydrogen) atoms. The number of nitrogens with one attached hydrogen (secondary N) is 1. The summed E-state index contributed by atoms with van der Waals surface area (Å²) in [5.74, 6) is -0.156. The van der Waals surface area contributed by atoms with Crippen LogP contribution in [0.25, 0.3) is 10.2 Å². The van der Waals surface area contributed by atoms with Gasteiger partial charge in [-0.3, -0.25) is 14.2 Å². The summed E-state index contributed by atoms with van der Waals surface area (Å²) in [6, 6.07) is 1.94. The topological polar surface area (TPSA) is 73.2 Å².